The summed E-state index contributed by atoms with van der Waals surface area (Å²) < 4.78 is 7.48. The third kappa shape index (κ3) is 4.16. The molecule has 7 nitrogen and oxygen atoms in total. The third-order valence-electron chi connectivity index (χ3n) is 4.61. The second-order valence-corrected chi connectivity index (χ2v) is 7.01. The molecule has 2 N–H and O–H groups in total. The lowest BCUT2D eigenvalue weighted by Gasteiger charge is -2.10. The van der Waals surface area contributed by atoms with E-state index in [0.717, 1.165) is 48.0 Å². The van der Waals surface area contributed by atoms with Crippen LogP contribution in [0.5, 0.6) is 0 Å². The number of halogens is 1. The number of hydrogen-bond donors (Lipinski definition) is 2. The Hall–Kier alpha value is -2.48. The summed E-state index contributed by atoms with van der Waals surface area (Å²) in [4.78, 5) is 20.5. The lowest BCUT2D eigenvalue weighted by Crippen LogP contribution is -2.07. The number of aliphatic hydroxyl groups is 1. The van der Waals surface area contributed by atoms with E-state index in [1.54, 1.807) is 6.20 Å². The Kier molecular flexibility index (Phi) is 6.28. The van der Waals surface area contributed by atoms with Gasteiger partial charge in [-0.1, -0.05) is 11.6 Å². The number of aromatic nitrogens is 3. The number of fused-ring (bicyclic) bond motifs is 1. The first-order valence-electron chi connectivity index (χ1n) is 8.94. The van der Waals surface area contributed by atoms with Crippen LogP contribution < -0.4 is 5.32 Å². The number of rotatable bonds is 3. The topological polar surface area (TPSA) is 89.3 Å². The van der Waals surface area contributed by atoms with Gasteiger partial charge in [0.25, 0.3) is 0 Å². The minimum absolute atomic E-state index is 0.154. The molecule has 8 heteroatoms. The van der Waals surface area contributed by atoms with Crippen LogP contribution >= 0.6 is 11.6 Å². The fourth-order valence-electron chi connectivity index (χ4n) is 3.36. The van der Waals surface area contributed by atoms with Gasteiger partial charge in [-0.3, -0.25) is 9.78 Å². The fraction of sp³-hybridized carbons (Fsp3) is 0.350. The first-order valence-corrected chi connectivity index (χ1v) is 9.32. The number of amides is 1. The standard InChI is InChI=1S/C19H19ClN4O2.CH4O/c1-11(25)22-19-7-14-15(9-24(2)18(14)8-21-19)17-6-13(20)5-16(23-17)12-3-4-26-10-12;1-2/h5-9,12H,3-4,10H2,1-2H3,(H,21,22,25);2H,1H3. The zero-order valence-corrected chi connectivity index (χ0v) is 16.8. The first kappa shape index (κ1) is 20.3. The highest BCUT2D eigenvalue weighted by Crippen LogP contribution is 2.34. The second kappa shape index (κ2) is 8.68. The number of aliphatic hydroxyl groups excluding tert-OH is 1. The number of ether oxygens (including phenoxy) is 1. The van der Waals surface area contributed by atoms with E-state index in [1.807, 2.05) is 36.0 Å². The Bertz CT molecular complexity index is 997. The maximum absolute atomic E-state index is 11.3. The molecule has 3 aromatic rings. The molecule has 148 valence electrons. The molecule has 1 unspecified atom stereocenters. The molecule has 0 spiro atoms. The van der Waals surface area contributed by atoms with Gasteiger partial charge in [-0.05, 0) is 24.6 Å². The molecule has 0 radical (unpaired) electrons. The lowest BCUT2D eigenvalue weighted by atomic mass is 10.0. The predicted molar refractivity (Wildman–Crippen MR) is 110 cm³/mol. The molecule has 1 amide bonds. The Labute approximate surface area is 168 Å². The second-order valence-electron chi connectivity index (χ2n) is 6.58. The van der Waals surface area contributed by atoms with Crippen LogP contribution in [-0.2, 0) is 16.6 Å². The molecule has 1 saturated heterocycles. The molecule has 28 heavy (non-hydrogen) atoms. The minimum atomic E-state index is -0.154. The van der Waals surface area contributed by atoms with Crippen molar-refractivity contribution in [3.8, 4) is 11.3 Å². The van der Waals surface area contributed by atoms with E-state index in [9.17, 15) is 4.79 Å². The molecule has 4 heterocycles. The summed E-state index contributed by atoms with van der Waals surface area (Å²) in [6.07, 6.45) is 4.72. The van der Waals surface area contributed by atoms with Crippen molar-refractivity contribution in [1.29, 1.82) is 0 Å². The van der Waals surface area contributed by atoms with Crippen LogP contribution in [0.15, 0.2) is 30.6 Å². The van der Waals surface area contributed by atoms with Gasteiger partial charge in [-0.25, -0.2) is 4.98 Å². The number of nitrogens with zero attached hydrogens (tertiary/aromatic N) is 3. The van der Waals surface area contributed by atoms with Crippen molar-refractivity contribution in [2.24, 2.45) is 7.05 Å². The number of hydrogen-bond acceptors (Lipinski definition) is 5. The van der Waals surface area contributed by atoms with E-state index in [1.165, 1.54) is 6.92 Å². The van der Waals surface area contributed by atoms with Crippen molar-refractivity contribution in [2.75, 3.05) is 25.6 Å². The van der Waals surface area contributed by atoms with Gasteiger partial charge in [0.15, 0.2) is 0 Å². The fourth-order valence-corrected chi connectivity index (χ4v) is 3.58. The first-order chi connectivity index (χ1) is 13.5. The summed E-state index contributed by atoms with van der Waals surface area (Å²) >= 11 is 6.38. The molecule has 4 rings (SSSR count). The van der Waals surface area contributed by atoms with Crippen molar-refractivity contribution in [3.05, 3.63) is 41.3 Å². The number of anilines is 1. The zero-order chi connectivity index (χ0) is 20.3. The zero-order valence-electron chi connectivity index (χ0n) is 16.1. The number of carbonyl (C=O) groups is 1. The van der Waals surface area contributed by atoms with Crippen molar-refractivity contribution >= 4 is 34.2 Å². The largest absolute Gasteiger partial charge is 0.400 e. The molecule has 1 fully saturated rings. The van der Waals surface area contributed by atoms with Crippen molar-refractivity contribution < 1.29 is 14.6 Å². The molecule has 0 saturated carbocycles. The average molecular weight is 403 g/mol. The molecule has 1 aliphatic rings. The summed E-state index contributed by atoms with van der Waals surface area (Å²) in [6.45, 7) is 2.90. The molecule has 3 aromatic heterocycles. The van der Waals surface area contributed by atoms with E-state index >= 15 is 0 Å². The maximum atomic E-state index is 11.3. The van der Waals surface area contributed by atoms with Crippen LogP contribution in [0.25, 0.3) is 22.2 Å². The van der Waals surface area contributed by atoms with Crippen LogP contribution in [0.4, 0.5) is 5.82 Å². The number of pyridine rings is 2. The highest BCUT2D eigenvalue weighted by molar-refractivity contribution is 6.31. The Morgan fingerprint density at radius 1 is 1.36 bits per heavy atom. The van der Waals surface area contributed by atoms with Crippen LogP contribution in [-0.4, -0.2) is 45.9 Å². The number of carbonyl (C=O) groups excluding carboxylic acids is 1. The maximum Gasteiger partial charge on any atom is 0.222 e. The van der Waals surface area contributed by atoms with Crippen molar-refractivity contribution in [1.82, 2.24) is 14.5 Å². The number of nitrogens with one attached hydrogen (secondary N) is 1. The molecule has 1 atom stereocenters. The third-order valence-corrected chi connectivity index (χ3v) is 4.83. The van der Waals surface area contributed by atoms with E-state index < -0.39 is 0 Å². The SMILES string of the molecule is CC(=O)Nc1cc2c(-c3cc(Cl)cc(C4CCOC4)n3)cn(C)c2cn1.CO. The van der Waals surface area contributed by atoms with Gasteiger partial charge in [0.2, 0.25) is 5.91 Å². The number of aryl methyl sites for hydroxylation is 1. The van der Waals surface area contributed by atoms with Gasteiger partial charge >= 0.3 is 0 Å². The van der Waals surface area contributed by atoms with Crippen LogP contribution in [0.1, 0.15) is 25.0 Å². The van der Waals surface area contributed by atoms with Crippen molar-refractivity contribution in [2.45, 2.75) is 19.3 Å². The molecular weight excluding hydrogens is 380 g/mol. The van der Waals surface area contributed by atoms with Gasteiger partial charge in [0, 0.05) is 61.5 Å². The molecule has 1 aliphatic heterocycles. The molecular formula is C20H23ClN4O3. The Morgan fingerprint density at radius 3 is 2.82 bits per heavy atom. The van der Waals surface area contributed by atoms with Crippen LogP contribution in [0, 0.1) is 0 Å². The van der Waals surface area contributed by atoms with Crippen molar-refractivity contribution in [3.63, 3.8) is 0 Å². The predicted octanol–water partition coefficient (Wildman–Crippen LogP) is 3.36. The molecule has 0 bridgehead atoms. The monoisotopic (exact) mass is 402 g/mol. The summed E-state index contributed by atoms with van der Waals surface area (Å²) in [5.41, 5.74) is 3.68. The van der Waals surface area contributed by atoms with Gasteiger partial charge in [-0.2, -0.15) is 0 Å². The lowest BCUT2D eigenvalue weighted by molar-refractivity contribution is -0.114. The van der Waals surface area contributed by atoms with Gasteiger partial charge in [0.1, 0.15) is 5.82 Å². The smallest absolute Gasteiger partial charge is 0.222 e. The summed E-state index contributed by atoms with van der Waals surface area (Å²) in [5.74, 6) is 0.640. The quantitative estimate of drug-likeness (QED) is 0.701. The highest BCUT2D eigenvalue weighted by atomic mass is 35.5. The van der Waals surface area contributed by atoms with E-state index in [4.69, 9.17) is 26.4 Å². The van der Waals surface area contributed by atoms with Gasteiger partial charge < -0.3 is 19.7 Å². The highest BCUT2D eigenvalue weighted by Gasteiger charge is 2.21. The van der Waals surface area contributed by atoms with Crippen LogP contribution in [0.3, 0.4) is 0 Å². The molecule has 0 aromatic carbocycles. The summed E-state index contributed by atoms with van der Waals surface area (Å²) in [6, 6.07) is 5.65. The van der Waals surface area contributed by atoms with E-state index in [-0.39, 0.29) is 11.8 Å². The van der Waals surface area contributed by atoms with Gasteiger partial charge in [0.05, 0.1) is 24.0 Å². The van der Waals surface area contributed by atoms with Crippen LogP contribution in [0.2, 0.25) is 5.02 Å². The average Bonchev–Trinajstić information content (AvgIpc) is 3.31. The summed E-state index contributed by atoms with van der Waals surface area (Å²) in [7, 11) is 2.96. The van der Waals surface area contributed by atoms with Gasteiger partial charge in [-0.15, -0.1) is 0 Å². The van der Waals surface area contributed by atoms with E-state index in [0.29, 0.717) is 17.4 Å². The summed E-state index contributed by atoms with van der Waals surface area (Å²) in [5, 5.41) is 11.4. The minimum Gasteiger partial charge on any atom is -0.400 e. The Balaban J connectivity index is 0.00000109. The Morgan fingerprint density at radius 2 is 2.14 bits per heavy atom. The molecule has 0 aliphatic carbocycles. The van der Waals surface area contributed by atoms with E-state index in [2.05, 4.69) is 10.3 Å². The normalized spacial score (nSPS) is 16.0.